The third-order valence-corrected chi connectivity index (χ3v) is 4.14. The van der Waals surface area contributed by atoms with Crippen LogP contribution in [0, 0.1) is 5.92 Å². The first kappa shape index (κ1) is 15.5. The fraction of sp³-hybridized carbons (Fsp3) is 0.769. The standard InChI is InChI=1S/C13H23BN2O4/c1-12(2)13(3,4)20-14(19-12)11-5-15-16(7-11)6-10(8-17)9-18/h5,7,10,17-18H,6,8-9H2,1-4H3. The summed E-state index contributed by atoms with van der Waals surface area (Å²) in [6.45, 7) is 8.35. The molecule has 1 fully saturated rings. The van der Waals surface area contributed by atoms with Crippen LogP contribution in [0.3, 0.4) is 0 Å². The number of aromatic nitrogens is 2. The highest BCUT2D eigenvalue weighted by atomic mass is 16.7. The normalized spacial score (nSPS) is 20.9. The van der Waals surface area contributed by atoms with Crippen LogP contribution in [0.25, 0.3) is 0 Å². The number of aliphatic hydroxyl groups excluding tert-OH is 2. The zero-order chi connectivity index (χ0) is 15.0. The third-order valence-electron chi connectivity index (χ3n) is 4.14. The molecule has 2 heterocycles. The van der Waals surface area contributed by atoms with Gasteiger partial charge in [-0.25, -0.2) is 0 Å². The fourth-order valence-corrected chi connectivity index (χ4v) is 2.02. The van der Waals surface area contributed by atoms with Crippen LogP contribution >= 0.6 is 0 Å². The lowest BCUT2D eigenvalue weighted by atomic mass is 9.82. The summed E-state index contributed by atoms with van der Waals surface area (Å²) >= 11 is 0. The second kappa shape index (κ2) is 5.48. The smallest absolute Gasteiger partial charge is 0.399 e. The minimum absolute atomic E-state index is 0.0673. The molecule has 1 saturated heterocycles. The van der Waals surface area contributed by atoms with Crippen LogP contribution in [0.1, 0.15) is 27.7 Å². The first-order valence-electron chi connectivity index (χ1n) is 6.89. The van der Waals surface area contributed by atoms with Crippen molar-refractivity contribution in [3.8, 4) is 0 Å². The van der Waals surface area contributed by atoms with Crippen LogP contribution in [-0.2, 0) is 15.9 Å². The van der Waals surface area contributed by atoms with E-state index in [2.05, 4.69) is 5.10 Å². The summed E-state index contributed by atoms with van der Waals surface area (Å²) in [7, 11) is -0.435. The summed E-state index contributed by atoms with van der Waals surface area (Å²) in [5.74, 6) is -0.207. The minimum Gasteiger partial charge on any atom is -0.399 e. The molecule has 0 radical (unpaired) electrons. The molecule has 112 valence electrons. The summed E-state index contributed by atoms with van der Waals surface area (Å²) in [6.07, 6.45) is 3.54. The molecule has 7 heteroatoms. The van der Waals surface area contributed by atoms with E-state index < -0.39 is 7.12 Å². The Kier molecular flexibility index (Phi) is 4.25. The molecule has 0 spiro atoms. The topological polar surface area (TPSA) is 76.7 Å². The number of nitrogens with zero attached hydrogens (tertiary/aromatic N) is 2. The molecule has 2 rings (SSSR count). The summed E-state index contributed by atoms with van der Waals surface area (Å²) < 4.78 is 13.6. The van der Waals surface area contributed by atoms with E-state index in [1.54, 1.807) is 10.9 Å². The summed E-state index contributed by atoms with van der Waals surface area (Å²) in [6, 6.07) is 0. The predicted molar refractivity (Wildman–Crippen MR) is 75.6 cm³/mol. The number of rotatable bonds is 5. The summed E-state index contributed by atoms with van der Waals surface area (Å²) in [5, 5.41) is 22.4. The Balaban J connectivity index is 2.07. The predicted octanol–water partition coefficient (Wildman–Crippen LogP) is -0.217. The molecular weight excluding hydrogens is 259 g/mol. The highest BCUT2D eigenvalue weighted by Crippen LogP contribution is 2.36. The fourth-order valence-electron chi connectivity index (χ4n) is 2.02. The Hall–Kier alpha value is -0.885. The Labute approximate surface area is 119 Å². The van der Waals surface area contributed by atoms with Gasteiger partial charge in [0.15, 0.2) is 0 Å². The van der Waals surface area contributed by atoms with Crippen molar-refractivity contribution >= 4 is 12.6 Å². The van der Waals surface area contributed by atoms with Crippen molar-refractivity contribution in [1.82, 2.24) is 9.78 Å². The lowest BCUT2D eigenvalue weighted by Crippen LogP contribution is -2.41. The van der Waals surface area contributed by atoms with Crippen molar-refractivity contribution in [2.45, 2.75) is 45.4 Å². The minimum atomic E-state index is -0.435. The number of hydrogen-bond acceptors (Lipinski definition) is 5. The SMILES string of the molecule is CC1(C)OB(c2cnn(CC(CO)CO)c2)OC1(C)C. The van der Waals surface area contributed by atoms with Crippen LogP contribution in [0.15, 0.2) is 12.4 Å². The second-order valence-electron chi connectivity index (χ2n) is 6.32. The molecule has 0 aliphatic carbocycles. The first-order valence-corrected chi connectivity index (χ1v) is 6.89. The lowest BCUT2D eigenvalue weighted by molar-refractivity contribution is 0.00578. The van der Waals surface area contributed by atoms with Gasteiger partial charge in [0.25, 0.3) is 0 Å². The van der Waals surface area contributed by atoms with Crippen LogP contribution in [0.4, 0.5) is 0 Å². The lowest BCUT2D eigenvalue weighted by Gasteiger charge is -2.32. The molecule has 2 N–H and O–H groups in total. The molecule has 0 saturated carbocycles. The molecule has 20 heavy (non-hydrogen) atoms. The van der Waals surface area contributed by atoms with Crippen molar-refractivity contribution in [2.75, 3.05) is 13.2 Å². The van der Waals surface area contributed by atoms with E-state index in [1.807, 2.05) is 33.9 Å². The van der Waals surface area contributed by atoms with Crippen molar-refractivity contribution in [3.63, 3.8) is 0 Å². The monoisotopic (exact) mass is 282 g/mol. The molecule has 1 aromatic rings. The molecule has 0 bridgehead atoms. The van der Waals surface area contributed by atoms with Gasteiger partial charge < -0.3 is 19.5 Å². The van der Waals surface area contributed by atoms with E-state index in [1.165, 1.54) is 0 Å². The van der Waals surface area contributed by atoms with E-state index >= 15 is 0 Å². The van der Waals surface area contributed by atoms with Crippen molar-refractivity contribution in [2.24, 2.45) is 5.92 Å². The summed E-state index contributed by atoms with van der Waals surface area (Å²) in [4.78, 5) is 0. The van der Waals surface area contributed by atoms with Gasteiger partial charge in [0.1, 0.15) is 0 Å². The van der Waals surface area contributed by atoms with Gasteiger partial charge in [-0.05, 0) is 27.7 Å². The van der Waals surface area contributed by atoms with Gasteiger partial charge in [-0.15, -0.1) is 0 Å². The highest BCUT2D eigenvalue weighted by Gasteiger charge is 2.52. The van der Waals surface area contributed by atoms with Crippen molar-refractivity contribution in [3.05, 3.63) is 12.4 Å². The maximum Gasteiger partial charge on any atom is 0.498 e. The quantitative estimate of drug-likeness (QED) is 0.730. The van der Waals surface area contributed by atoms with Gasteiger partial charge >= 0.3 is 7.12 Å². The average molecular weight is 282 g/mol. The van der Waals surface area contributed by atoms with E-state index in [0.717, 1.165) is 5.46 Å². The molecule has 0 atom stereocenters. The molecule has 1 aromatic heterocycles. The molecule has 0 unspecified atom stereocenters. The summed E-state index contributed by atoms with van der Waals surface area (Å²) in [5.41, 5.74) is 0.0927. The van der Waals surface area contributed by atoms with E-state index in [0.29, 0.717) is 6.54 Å². The zero-order valence-corrected chi connectivity index (χ0v) is 12.5. The van der Waals surface area contributed by atoms with Gasteiger partial charge in [0, 0.05) is 43.5 Å². The van der Waals surface area contributed by atoms with Gasteiger partial charge in [0.05, 0.1) is 11.2 Å². The maximum atomic E-state index is 9.09. The van der Waals surface area contributed by atoms with Gasteiger partial charge in [-0.1, -0.05) is 0 Å². The van der Waals surface area contributed by atoms with Gasteiger partial charge in [-0.3, -0.25) is 4.68 Å². The van der Waals surface area contributed by atoms with Crippen LogP contribution in [-0.4, -0.2) is 51.5 Å². The molecule has 1 aliphatic heterocycles. The van der Waals surface area contributed by atoms with Crippen LogP contribution in [0.2, 0.25) is 0 Å². The molecule has 1 aliphatic rings. The molecule has 6 nitrogen and oxygen atoms in total. The van der Waals surface area contributed by atoms with Crippen molar-refractivity contribution < 1.29 is 19.5 Å². The largest absolute Gasteiger partial charge is 0.498 e. The molecule has 0 amide bonds. The Bertz CT molecular complexity index is 441. The Morgan fingerprint density at radius 3 is 2.25 bits per heavy atom. The maximum absolute atomic E-state index is 9.09. The van der Waals surface area contributed by atoms with Gasteiger partial charge in [0.2, 0.25) is 0 Å². The number of hydrogen-bond donors (Lipinski definition) is 2. The van der Waals surface area contributed by atoms with E-state index in [4.69, 9.17) is 19.5 Å². The van der Waals surface area contributed by atoms with E-state index in [-0.39, 0.29) is 30.3 Å². The highest BCUT2D eigenvalue weighted by molar-refractivity contribution is 6.61. The second-order valence-corrected chi connectivity index (χ2v) is 6.32. The van der Waals surface area contributed by atoms with Crippen molar-refractivity contribution in [1.29, 1.82) is 0 Å². The Morgan fingerprint density at radius 2 is 1.75 bits per heavy atom. The zero-order valence-electron chi connectivity index (χ0n) is 12.5. The van der Waals surface area contributed by atoms with Crippen LogP contribution < -0.4 is 5.46 Å². The number of aliphatic hydroxyl groups is 2. The van der Waals surface area contributed by atoms with Crippen LogP contribution in [0.5, 0.6) is 0 Å². The van der Waals surface area contributed by atoms with E-state index in [9.17, 15) is 0 Å². The van der Waals surface area contributed by atoms with Gasteiger partial charge in [-0.2, -0.15) is 5.10 Å². The third kappa shape index (κ3) is 2.91. The average Bonchev–Trinajstić information content (AvgIpc) is 2.90. The first-order chi connectivity index (χ1) is 9.29. The Morgan fingerprint density at radius 1 is 1.20 bits per heavy atom. The molecular formula is C13H23BN2O4. The molecule has 0 aromatic carbocycles.